The van der Waals surface area contributed by atoms with Crippen LogP contribution in [0.1, 0.15) is 65.5 Å². The Morgan fingerprint density at radius 2 is 1.50 bits per heavy atom. The molecule has 1 rings (SSSR count). The maximum absolute atomic E-state index is 3.65. The van der Waals surface area contributed by atoms with E-state index in [9.17, 15) is 0 Å². The predicted molar refractivity (Wildman–Crippen MR) is 90.3 cm³/mol. The second kappa shape index (κ2) is 7.26. The monoisotopic (exact) mass is 275 g/mol. The van der Waals surface area contributed by atoms with Gasteiger partial charge in [-0.1, -0.05) is 52.0 Å². The molecule has 1 heteroatoms. The lowest BCUT2D eigenvalue weighted by Gasteiger charge is -2.27. The van der Waals surface area contributed by atoms with Crippen molar-refractivity contribution in [3.05, 3.63) is 35.4 Å². The summed E-state index contributed by atoms with van der Waals surface area (Å²) in [6.07, 6.45) is 1.17. The molecule has 0 fully saturated rings. The summed E-state index contributed by atoms with van der Waals surface area (Å²) in [5, 5.41) is 3.65. The minimum absolute atomic E-state index is 0.203. The van der Waals surface area contributed by atoms with Crippen molar-refractivity contribution < 1.29 is 0 Å². The standard InChI is InChI=1S/C19H33N/c1-14(2)17-10-8-16(9-11-17)12-18(15(3)4)13-20-19(5,6)7/h8-11,14-15,18,20H,12-13H2,1-7H3. The van der Waals surface area contributed by atoms with Crippen molar-refractivity contribution in [1.82, 2.24) is 5.32 Å². The lowest BCUT2D eigenvalue weighted by molar-refractivity contribution is 0.312. The Morgan fingerprint density at radius 3 is 1.90 bits per heavy atom. The molecule has 1 aromatic rings. The average molecular weight is 275 g/mol. The zero-order chi connectivity index (χ0) is 15.3. The number of hydrogen-bond acceptors (Lipinski definition) is 1. The van der Waals surface area contributed by atoms with Gasteiger partial charge in [-0.05, 0) is 62.6 Å². The van der Waals surface area contributed by atoms with Crippen molar-refractivity contribution in [2.24, 2.45) is 11.8 Å². The number of benzene rings is 1. The molecule has 0 aliphatic carbocycles. The van der Waals surface area contributed by atoms with Crippen LogP contribution in [0.2, 0.25) is 0 Å². The van der Waals surface area contributed by atoms with Crippen molar-refractivity contribution in [2.45, 2.75) is 66.3 Å². The van der Waals surface area contributed by atoms with Crippen LogP contribution in [0.25, 0.3) is 0 Å². The molecule has 1 unspecified atom stereocenters. The van der Waals surface area contributed by atoms with Gasteiger partial charge in [0.25, 0.3) is 0 Å². The summed E-state index contributed by atoms with van der Waals surface area (Å²) >= 11 is 0. The maximum atomic E-state index is 3.65. The van der Waals surface area contributed by atoms with Gasteiger partial charge in [0, 0.05) is 5.54 Å². The predicted octanol–water partition coefficient (Wildman–Crippen LogP) is 5.01. The minimum atomic E-state index is 0.203. The molecular weight excluding hydrogens is 242 g/mol. The molecular formula is C19H33N. The van der Waals surface area contributed by atoms with Crippen LogP contribution >= 0.6 is 0 Å². The first-order chi connectivity index (χ1) is 9.19. The highest BCUT2D eigenvalue weighted by Crippen LogP contribution is 2.20. The summed E-state index contributed by atoms with van der Waals surface area (Å²) in [6.45, 7) is 17.0. The van der Waals surface area contributed by atoms with E-state index in [1.54, 1.807) is 0 Å². The quantitative estimate of drug-likeness (QED) is 0.769. The van der Waals surface area contributed by atoms with Crippen molar-refractivity contribution >= 4 is 0 Å². The summed E-state index contributed by atoms with van der Waals surface area (Å²) < 4.78 is 0. The van der Waals surface area contributed by atoms with Crippen molar-refractivity contribution in [1.29, 1.82) is 0 Å². The molecule has 0 aliphatic heterocycles. The van der Waals surface area contributed by atoms with Crippen LogP contribution in [0.4, 0.5) is 0 Å². The largest absolute Gasteiger partial charge is 0.312 e. The third-order valence-electron chi connectivity index (χ3n) is 3.98. The van der Waals surface area contributed by atoms with E-state index in [0.29, 0.717) is 17.8 Å². The topological polar surface area (TPSA) is 12.0 Å². The fourth-order valence-corrected chi connectivity index (χ4v) is 2.32. The first-order valence-electron chi connectivity index (χ1n) is 8.03. The van der Waals surface area contributed by atoms with Gasteiger partial charge in [-0.15, -0.1) is 0 Å². The maximum Gasteiger partial charge on any atom is 0.00966 e. The van der Waals surface area contributed by atoms with E-state index in [1.165, 1.54) is 17.5 Å². The van der Waals surface area contributed by atoms with Crippen LogP contribution in [-0.2, 0) is 6.42 Å². The SMILES string of the molecule is CC(C)c1ccc(CC(CNC(C)(C)C)C(C)C)cc1. The van der Waals surface area contributed by atoms with E-state index < -0.39 is 0 Å². The Morgan fingerprint density at radius 1 is 0.950 bits per heavy atom. The summed E-state index contributed by atoms with van der Waals surface area (Å²) in [5.74, 6) is 2.02. The van der Waals surface area contributed by atoms with Crippen LogP contribution in [0.5, 0.6) is 0 Å². The molecule has 0 saturated carbocycles. The van der Waals surface area contributed by atoms with E-state index in [4.69, 9.17) is 0 Å². The van der Waals surface area contributed by atoms with Gasteiger partial charge >= 0.3 is 0 Å². The Labute approximate surface area is 126 Å². The van der Waals surface area contributed by atoms with Crippen LogP contribution in [0, 0.1) is 11.8 Å². The molecule has 0 heterocycles. The lowest BCUT2D eigenvalue weighted by atomic mass is 9.88. The van der Waals surface area contributed by atoms with Gasteiger partial charge in [-0.3, -0.25) is 0 Å². The van der Waals surface area contributed by atoms with E-state index in [-0.39, 0.29) is 5.54 Å². The summed E-state index contributed by atoms with van der Waals surface area (Å²) in [4.78, 5) is 0. The van der Waals surface area contributed by atoms with Gasteiger partial charge in [0.05, 0.1) is 0 Å². The van der Waals surface area contributed by atoms with Crippen molar-refractivity contribution in [2.75, 3.05) is 6.54 Å². The summed E-state index contributed by atoms with van der Waals surface area (Å²) in [6, 6.07) is 9.19. The molecule has 114 valence electrons. The number of rotatable bonds is 6. The Kier molecular flexibility index (Phi) is 6.26. The Bertz CT molecular complexity index is 381. The van der Waals surface area contributed by atoms with Crippen LogP contribution in [-0.4, -0.2) is 12.1 Å². The fourth-order valence-electron chi connectivity index (χ4n) is 2.32. The smallest absolute Gasteiger partial charge is 0.00966 e. The first-order valence-corrected chi connectivity index (χ1v) is 8.03. The Balaban J connectivity index is 2.65. The van der Waals surface area contributed by atoms with Crippen LogP contribution in [0.3, 0.4) is 0 Å². The van der Waals surface area contributed by atoms with Gasteiger partial charge in [0.2, 0.25) is 0 Å². The van der Waals surface area contributed by atoms with E-state index in [2.05, 4.69) is 78.0 Å². The molecule has 0 radical (unpaired) electrons. The van der Waals surface area contributed by atoms with Gasteiger partial charge < -0.3 is 5.32 Å². The number of nitrogens with one attached hydrogen (secondary N) is 1. The third kappa shape index (κ3) is 6.09. The minimum Gasteiger partial charge on any atom is -0.312 e. The van der Waals surface area contributed by atoms with Gasteiger partial charge in [0.15, 0.2) is 0 Å². The molecule has 0 bridgehead atoms. The second-order valence-electron chi connectivity index (χ2n) is 7.74. The van der Waals surface area contributed by atoms with Crippen LogP contribution < -0.4 is 5.32 Å². The van der Waals surface area contributed by atoms with Gasteiger partial charge in [0.1, 0.15) is 0 Å². The summed E-state index contributed by atoms with van der Waals surface area (Å²) in [7, 11) is 0. The molecule has 0 saturated heterocycles. The van der Waals surface area contributed by atoms with E-state index in [1.807, 2.05) is 0 Å². The second-order valence-corrected chi connectivity index (χ2v) is 7.74. The summed E-state index contributed by atoms with van der Waals surface area (Å²) in [5.41, 5.74) is 3.10. The van der Waals surface area contributed by atoms with Gasteiger partial charge in [-0.2, -0.15) is 0 Å². The van der Waals surface area contributed by atoms with Crippen molar-refractivity contribution in [3.8, 4) is 0 Å². The number of hydrogen-bond donors (Lipinski definition) is 1. The molecule has 1 atom stereocenters. The molecule has 1 nitrogen and oxygen atoms in total. The molecule has 20 heavy (non-hydrogen) atoms. The van der Waals surface area contributed by atoms with Gasteiger partial charge in [-0.25, -0.2) is 0 Å². The van der Waals surface area contributed by atoms with E-state index in [0.717, 1.165) is 6.54 Å². The molecule has 0 amide bonds. The highest BCUT2D eigenvalue weighted by atomic mass is 14.9. The van der Waals surface area contributed by atoms with E-state index >= 15 is 0 Å². The first kappa shape index (κ1) is 17.2. The molecule has 0 aliphatic rings. The molecule has 1 N–H and O–H groups in total. The Hall–Kier alpha value is -0.820. The molecule has 1 aromatic carbocycles. The fraction of sp³-hybridized carbons (Fsp3) is 0.684. The normalized spacial score (nSPS) is 14.1. The van der Waals surface area contributed by atoms with Crippen molar-refractivity contribution in [3.63, 3.8) is 0 Å². The van der Waals surface area contributed by atoms with Crippen LogP contribution in [0.15, 0.2) is 24.3 Å². The highest BCUT2D eigenvalue weighted by Gasteiger charge is 2.17. The molecule has 0 aromatic heterocycles. The lowest BCUT2D eigenvalue weighted by Crippen LogP contribution is -2.40. The molecule has 0 spiro atoms. The highest BCUT2D eigenvalue weighted by molar-refractivity contribution is 5.25. The third-order valence-corrected chi connectivity index (χ3v) is 3.98. The average Bonchev–Trinajstić information content (AvgIpc) is 2.33. The zero-order valence-electron chi connectivity index (χ0n) is 14.5. The zero-order valence-corrected chi connectivity index (χ0v) is 14.5.